The lowest BCUT2D eigenvalue weighted by atomic mass is 10.1. The van der Waals surface area contributed by atoms with E-state index < -0.39 is 15.6 Å². The predicted molar refractivity (Wildman–Crippen MR) is 185 cm³/mol. The van der Waals surface area contributed by atoms with E-state index in [4.69, 9.17) is 18.5 Å². The highest BCUT2D eigenvalue weighted by molar-refractivity contribution is 7.61. The highest BCUT2D eigenvalue weighted by Gasteiger charge is 2.36. The van der Waals surface area contributed by atoms with Crippen LogP contribution in [-0.4, -0.2) is 48.4 Å². The fourth-order valence-electron chi connectivity index (χ4n) is 3.84. The summed E-state index contributed by atoms with van der Waals surface area (Å²) in [7, 11) is -9.84. The molecule has 0 saturated heterocycles. The summed E-state index contributed by atoms with van der Waals surface area (Å²) in [5, 5.41) is 0. The van der Waals surface area contributed by atoms with Crippen LogP contribution in [0.1, 0.15) is 107 Å². The summed E-state index contributed by atoms with van der Waals surface area (Å²) >= 11 is 0. The molecule has 2 N–H and O–H groups in total. The lowest BCUT2D eigenvalue weighted by Crippen LogP contribution is -2.14. The van der Waals surface area contributed by atoms with Gasteiger partial charge in [-0.25, -0.2) is 9.13 Å². The molecule has 0 amide bonds. The Morgan fingerprint density at radius 2 is 1.02 bits per heavy atom. The fourth-order valence-corrected chi connectivity index (χ4v) is 6.01. The van der Waals surface area contributed by atoms with Crippen molar-refractivity contribution in [1.29, 1.82) is 0 Å². The Kier molecular flexibility index (Phi) is 23.1. The maximum absolute atomic E-state index is 13.0. The zero-order chi connectivity index (χ0) is 34.5. The van der Waals surface area contributed by atoms with E-state index >= 15 is 0 Å². The molecule has 0 fully saturated rings. The highest BCUT2D eigenvalue weighted by atomic mass is 31.3. The zero-order valence-corrected chi connectivity index (χ0v) is 30.8. The summed E-state index contributed by atoms with van der Waals surface area (Å²) < 4.78 is 50.9. The fraction of sp³-hybridized carbons (Fsp3) is 0.647. The Morgan fingerprint density at radius 3 is 1.36 bits per heavy atom. The summed E-state index contributed by atoms with van der Waals surface area (Å²) in [4.78, 5) is 18.5. The van der Waals surface area contributed by atoms with Crippen LogP contribution in [0.5, 0.6) is 0 Å². The van der Waals surface area contributed by atoms with Crippen LogP contribution in [0.3, 0.4) is 0 Å². The van der Waals surface area contributed by atoms with E-state index in [1.54, 1.807) is 0 Å². The van der Waals surface area contributed by atoms with Crippen molar-refractivity contribution in [1.82, 2.24) is 0 Å². The van der Waals surface area contributed by atoms with Gasteiger partial charge < -0.3 is 19.3 Å². The zero-order valence-electron chi connectivity index (χ0n) is 29.0. The van der Waals surface area contributed by atoms with Crippen LogP contribution in [0.4, 0.5) is 0 Å². The van der Waals surface area contributed by atoms with E-state index in [9.17, 15) is 18.9 Å². The normalized spacial score (nSPS) is 15.2. The lowest BCUT2D eigenvalue weighted by Gasteiger charge is -2.20. The number of rotatable bonds is 26. The second kappa shape index (κ2) is 23.9. The Balaban J connectivity index is 4.62. The number of ether oxygens (including phenoxy) is 2. The van der Waals surface area contributed by atoms with Crippen molar-refractivity contribution >= 4 is 15.6 Å². The molecule has 0 aliphatic heterocycles. The molecule has 0 radical (unpaired) electrons. The Morgan fingerprint density at radius 1 is 0.644 bits per heavy atom. The molecule has 0 aromatic rings. The average molecular weight is 675 g/mol. The molecule has 11 heteroatoms. The number of allylic oxidation sites excluding steroid dienone is 8. The van der Waals surface area contributed by atoms with Crippen molar-refractivity contribution in [3.8, 4) is 0 Å². The first-order valence-corrected chi connectivity index (χ1v) is 18.7. The second-order valence-electron chi connectivity index (χ2n) is 12.2. The molecule has 0 saturated carbocycles. The quantitative estimate of drug-likeness (QED) is 0.0682. The molecule has 260 valence electrons. The van der Waals surface area contributed by atoms with Crippen LogP contribution in [0.15, 0.2) is 70.9 Å². The molecule has 45 heavy (non-hydrogen) atoms. The summed E-state index contributed by atoms with van der Waals surface area (Å²) in [6.45, 7) is 23.8. The molecule has 9 nitrogen and oxygen atoms in total. The van der Waals surface area contributed by atoms with Gasteiger partial charge in [0.25, 0.3) is 0 Å². The molecular formula is C34H60O9P2. The molecule has 0 aliphatic carbocycles. The van der Waals surface area contributed by atoms with Gasteiger partial charge in [-0.15, -0.1) is 0 Å². The van der Waals surface area contributed by atoms with Crippen molar-refractivity contribution in [2.45, 2.75) is 119 Å². The number of phosphoric acid groups is 2. The summed E-state index contributed by atoms with van der Waals surface area (Å²) in [5.74, 6) is 0. The molecular weight excluding hydrogens is 614 g/mol. The molecule has 0 rings (SSSR count). The first-order chi connectivity index (χ1) is 20.9. The van der Waals surface area contributed by atoms with Crippen molar-refractivity contribution in [2.24, 2.45) is 0 Å². The van der Waals surface area contributed by atoms with Gasteiger partial charge in [-0.2, -0.15) is 4.31 Å². The minimum absolute atomic E-state index is 0.0590. The van der Waals surface area contributed by atoms with Crippen molar-refractivity contribution in [3.05, 3.63) is 70.9 Å². The van der Waals surface area contributed by atoms with Gasteiger partial charge in [0.2, 0.25) is 0 Å². The third-order valence-electron chi connectivity index (χ3n) is 6.52. The van der Waals surface area contributed by atoms with E-state index in [0.717, 1.165) is 51.4 Å². The maximum atomic E-state index is 13.0. The van der Waals surface area contributed by atoms with Gasteiger partial charge in [0.05, 0.1) is 38.6 Å². The second-order valence-corrected chi connectivity index (χ2v) is 15.3. The monoisotopic (exact) mass is 674 g/mol. The van der Waals surface area contributed by atoms with E-state index in [-0.39, 0.29) is 38.6 Å². The van der Waals surface area contributed by atoms with Gasteiger partial charge in [-0.3, -0.25) is 9.05 Å². The van der Waals surface area contributed by atoms with E-state index in [2.05, 4.69) is 83.3 Å². The molecule has 0 aliphatic rings. The third kappa shape index (κ3) is 27.4. The summed E-state index contributed by atoms with van der Waals surface area (Å²) in [5.41, 5.74) is 6.14. The lowest BCUT2D eigenvalue weighted by molar-refractivity contribution is 0.0687. The molecule has 0 heterocycles. The first-order valence-electron chi connectivity index (χ1n) is 15.7. The average Bonchev–Trinajstić information content (AvgIpc) is 2.91. The van der Waals surface area contributed by atoms with Gasteiger partial charge >= 0.3 is 15.6 Å². The number of phosphoric ester groups is 1. The van der Waals surface area contributed by atoms with Gasteiger partial charge in [0.15, 0.2) is 0 Å². The van der Waals surface area contributed by atoms with Crippen molar-refractivity contribution in [2.75, 3.05) is 26.4 Å². The largest absolute Gasteiger partial charge is 0.484 e. The van der Waals surface area contributed by atoms with Crippen molar-refractivity contribution < 1.29 is 41.7 Å². The molecule has 2 unspecified atom stereocenters. The maximum Gasteiger partial charge on any atom is 0.484 e. The Bertz CT molecular complexity index is 1030. The first kappa shape index (κ1) is 43.6. The van der Waals surface area contributed by atoms with Crippen LogP contribution in [0, 0.1) is 0 Å². The van der Waals surface area contributed by atoms with Gasteiger partial charge in [0, 0.05) is 0 Å². The van der Waals surface area contributed by atoms with Crippen LogP contribution < -0.4 is 0 Å². The molecule has 0 aromatic carbocycles. The van der Waals surface area contributed by atoms with E-state index in [1.807, 2.05) is 13.8 Å². The molecule has 0 bridgehead atoms. The molecule has 0 aromatic heterocycles. The van der Waals surface area contributed by atoms with Crippen molar-refractivity contribution in [3.63, 3.8) is 0 Å². The smallest absolute Gasteiger partial charge is 0.374 e. The van der Waals surface area contributed by atoms with Crippen LogP contribution >= 0.6 is 15.6 Å². The minimum atomic E-state index is -5.19. The predicted octanol–water partition coefficient (Wildman–Crippen LogP) is 10.1. The summed E-state index contributed by atoms with van der Waals surface area (Å²) in [6, 6.07) is 0. The Labute approximate surface area is 273 Å². The highest BCUT2D eigenvalue weighted by Crippen LogP contribution is 2.61. The van der Waals surface area contributed by atoms with Crippen LogP contribution in [-0.2, 0) is 32.0 Å². The number of hydrogen-bond acceptors (Lipinski definition) is 7. The summed E-state index contributed by atoms with van der Waals surface area (Å²) in [6.07, 6.45) is 16.3. The standard InChI is InChI=1S/C34H60O9P2/c1-27(2)15-11-17-29(5)19-13-21-33(9)39-23-31(7)25-41-45(38,43-44(35,36)37)42-26-32(8)24-40-34(10)22-14-20-30(6)18-12-16-28(3)4/h15-16,19-20,33-34H,7-8,11-14,17-18,21-26H2,1-6,9-10H3,(H2,35,36,37)/b29-19+,30-20+. The molecule has 0 spiro atoms. The third-order valence-corrected chi connectivity index (χ3v) is 9.06. The topological polar surface area (TPSA) is 121 Å². The van der Waals surface area contributed by atoms with Crippen LogP contribution in [0.2, 0.25) is 0 Å². The van der Waals surface area contributed by atoms with Gasteiger partial charge in [-0.1, -0.05) is 59.8 Å². The van der Waals surface area contributed by atoms with E-state index in [1.165, 1.54) is 22.3 Å². The Hall–Kier alpha value is -1.38. The van der Waals surface area contributed by atoms with Gasteiger partial charge in [0.1, 0.15) is 0 Å². The molecule has 2 atom stereocenters. The van der Waals surface area contributed by atoms with Crippen LogP contribution in [0.25, 0.3) is 0 Å². The van der Waals surface area contributed by atoms with E-state index in [0.29, 0.717) is 11.1 Å². The van der Waals surface area contributed by atoms with Gasteiger partial charge in [-0.05, 0) is 118 Å². The SMILES string of the molecule is C=C(COC(C)CC/C=C(\C)CCC=C(C)C)COP(=O)(OCC(=C)COC(C)CC/C=C(\C)CCC=C(C)C)OP(=O)(O)O. The minimum Gasteiger partial charge on any atom is -0.374 e. The number of hydrogen-bond donors (Lipinski definition) is 2.